The van der Waals surface area contributed by atoms with Crippen LogP contribution < -0.4 is 9.64 Å². The summed E-state index contributed by atoms with van der Waals surface area (Å²) in [6.07, 6.45) is 0. The quantitative estimate of drug-likeness (QED) is 0.749. The van der Waals surface area contributed by atoms with Crippen LogP contribution in [0.3, 0.4) is 0 Å². The van der Waals surface area contributed by atoms with Gasteiger partial charge in [0.2, 0.25) is 11.8 Å². The minimum absolute atomic E-state index is 0.0535. The van der Waals surface area contributed by atoms with Gasteiger partial charge >= 0.3 is 0 Å². The number of piperazine rings is 1. The second kappa shape index (κ2) is 9.41. The molecule has 154 valence electrons. The summed E-state index contributed by atoms with van der Waals surface area (Å²) in [5.74, 6) is 0.286. The number of rotatable bonds is 6. The van der Waals surface area contributed by atoms with Gasteiger partial charge in [0.15, 0.2) is 0 Å². The van der Waals surface area contributed by atoms with E-state index in [-0.39, 0.29) is 24.2 Å². The van der Waals surface area contributed by atoms with Gasteiger partial charge in [-0.3, -0.25) is 9.59 Å². The average molecular weight is 399 g/mol. The van der Waals surface area contributed by atoms with E-state index in [0.717, 1.165) is 17.0 Å². The van der Waals surface area contributed by atoms with Crippen molar-refractivity contribution >= 4 is 17.5 Å². The van der Waals surface area contributed by atoms with Gasteiger partial charge in [0.25, 0.3) is 0 Å². The molecule has 1 aliphatic rings. The first-order valence-electron chi connectivity index (χ1n) is 9.63. The van der Waals surface area contributed by atoms with E-state index in [1.165, 1.54) is 19.1 Å². The van der Waals surface area contributed by atoms with Crippen LogP contribution in [0.25, 0.3) is 0 Å². The molecule has 2 aromatic carbocycles. The van der Waals surface area contributed by atoms with Crippen LogP contribution in [-0.2, 0) is 16.1 Å². The van der Waals surface area contributed by atoms with Crippen LogP contribution in [0.4, 0.5) is 10.1 Å². The largest absolute Gasteiger partial charge is 0.497 e. The third-order valence-electron chi connectivity index (χ3n) is 5.13. The van der Waals surface area contributed by atoms with Crippen LogP contribution in [0.2, 0.25) is 0 Å². The van der Waals surface area contributed by atoms with Gasteiger partial charge in [0.1, 0.15) is 18.1 Å². The van der Waals surface area contributed by atoms with Crippen molar-refractivity contribution in [1.29, 1.82) is 0 Å². The molecular formula is C22H26FN3O3. The fourth-order valence-electron chi connectivity index (χ4n) is 3.36. The first kappa shape index (κ1) is 20.6. The van der Waals surface area contributed by atoms with Gasteiger partial charge in [-0.1, -0.05) is 12.1 Å². The van der Waals surface area contributed by atoms with Crippen molar-refractivity contribution in [2.75, 3.05) is 44.7 Å². The Balaban J connectivity index is 1.54. The predicted octanol–water partition coefficient (Wildman–Crippen LogP) is 2.53. The molecule has 1 saturated heterocycles. The highest BCUT2D eigenvalue weighted by Crippen LogP contribution is 2.17. The lowest BCUT2D eigenvalue weighted by Crippen LogP contribution is -2.51. The Labute approximate surface area is 170 Å². The number of amides is 2. The van der Waals surface area contributed by atoms with Crippen LogP contribution in [0.1, 0.15) is 12.5 Å². The smallest absolute Gasteiger partial charge is 0.242 e. The van der Waals surface area contributed by atoms with Gasteiger partial charge < -0.3 is 19.4 Å². The zero-order chi connectivity index (χ0) is 20.8. The highest BCUT2D eigenvalue weighted by molar-refractivity contribution is 5.84. The zero-order valence-electron chi connectivity index (χ0n) is 16.8. The summed E-state index contributed by atoms with van der Waals surface area (Å²) in [7, 11) is 1.60. The summed E-state index contributed by atoms with van der Waals surface area (Å²) in [4.78, 5) is 30.2. The molecule has 0 spiro atoms. The minimum Gasteiger partial charge on any atom is -0.497 e. The second-order valence-corrected chi connectivity index (χ2v) is 7.07. The lowest BCUT2D eigenvalue weighted by atomic mass is 10.2. The van der Waals surface area contributed by atoms with Crippen molar-refractivity contribution in [3.63, 3.8) is 0 Å². The molecular weight excluding hydrogens is 373 g/mol. The number of hydrogen-bond donors (Lipinski definition) is 0. The van der Waals surface area contributed by atoms with Crippen molar-refractivity contribution in [2.45, 2.75) is 13.5 Å². The van der Waals surface area contributed by atoms with E-state index < -0.39 is 0 Å². The molecule has 0 aromatic heterocycles. The molecule has 1 aliphatic heterocycles. The van der Waals surface area contributed by atoms with Gasteiger partial charge in [-0.25, -0.2) is 4.39 Å². The molecule has 1 heterocycles. The first-order chi connectivity index (χ1) is 14.0. The molecule has 6 nitrogen and oxygen atoms in total. The van der Waals surface area contributed by atoms with Crippen LogP contribution in [0.15, 0.2) is 48.5 Å². The number of nitrogens with zero attached hydrogens (tertiary/aromatic N) is 3. The summed E-state index contributed by atoms with van der Waals surface area (Å²) in [6.45, 7) is 4.41. The molecule has 0 aliphatic carbocycles. The summed E-state index contributed by atoms with van der Waals surface area (Å²) < 4.78 is 18.2. The van der Waals surface area contributed by atoms with Crippen LogP contribution in [0, 0.1) is 5.82 Å². The van der Waals surface area contributed by atoms with Crippen LogP contribution in [-0.4, -0.2) is 61.4 Å². The number of ether oxygens (including phenoxy) is 1. The summed E-state index contributed by atoms with van der Waals surface area (Å²) in [6, 6.07) is 13.8. The third-order valence-corrected chi connectivity index (χ3v) is 5.13. The summed E-state index contributed by atoms with van der Waals surface area (Å²) in [5.41, 5.74) is 1.89. The van der Waals surface area contributed by atoms with Crippen LogP contribution in [0.5, 0.6) is 5.75 Å². The maximum absolute atomic E-state index is 13.1. The monoisotopic (exact) mass is 399 g/mol. The molecule has 29 heavy (non-hydrogen) atoms. The fourth-order valence-corrected chi connectivity index (χ4v) is 3.36. The van der Waals surface area contributed by atoms with Gasteiger partial charge in [-0.15, -0.1) is 0 Å². The Morgan fingerprint density at radius 2 is 1.62 bits per heavy atom. The number of carbonyl (C=O) groups excluding carboxylic acids is 2. The maximum Gasteiger partial charge on any atom is 0.242 e. The molecule has 2 amide bonds. The van der Waals surface area contributed by atoms with Crippen molar-refractivity contribution in [1.82, 2.24) is 9.80 Å². The standard InChI is InChI=1S/C22H26FN3O3/c1-17(27)26(15-18-3-9-21(29-2)10-4-18)16-22(28)25-13-11-24(12-14-25)20-7-5-19(23)6-8-20/h3-10H,11-16H2,1-2H3. The van der Waals surface area contributed by atoms with E-state index in [1.54, 1.807) is 29.0 Å². The number of halogens is 1. The Morgan fingerprint density at radius 3 is 2.17 bits per heavy atom. The first-order valence-corrected chi connectivity index (χ1v) is 9.63. The highest BCUT2D eigenvalue weighted by atomic mass is 19.1. The minimum atomic E-state index is -0.260. The lowest BCUT2D eigenvalue weighted by molar-refractivity contribution is -0.140. The molecule has 0 saturated carbocycles. The van der Waals surface area contributed by atoms with Crippen LogP contribution >= 0.6 is 0 Å². The molecule has 1 fully saturated rings. The maximum atomic E-state index is 13.1. The second-order valence-electron chi connectivity index (χ2n) is 7.07. The number of methoxy groups -OCH3 is 1. The zero-order valence-corrected chi connectivity index (χ0v) is 16.8. The molecule has 0 atom stereocenters. The number of benzene rings is 2. The average Bonchev–Trinajstić information content (AvgIpc) is 2.74. The summed E-state index contributed by atoms with van der Waals surface area (Å²) >= 11 is 0. The lowest BCUT2D eigenvalue weighted by Gasteiger charge is -2.37. The Bertz CT molecular complexity index is 831. The van der Waals surface area contributed by atoms with Crippen molar-refractivity contribution in [3.8, 4) is 5.75 Å². The number of carbonyl (C=O) groups is 2. The topological polar surface area (TPSA) is 53.1 Å². The number of hydrogen-bond acceptors (Lipinski definition) is 4. The van der Waals surface area contributed by atoms with Gasteiger partial charge in [-0.05, 0) is 42.0 Å². The van der Waals surface area contributed by atoms with E-state index in [2.05, 4.69) is 4.90 Å². The molecule has 2 aromatic rings. The SMILES string of the molecule is COc1ccc(CN(CC(=O)N2CCN(c3ccc(F)cc3)CC2)C(C)=O)cc1. The van der Waals surface area contributed by atoms with E-state index in [4.69, 9.17) is 4.74 Å². The van der Waals surface area contributed by atoms with Gasteiger partial charge in [0, 0.05) is 45.3 Å². The summed E-state index contributed by atoms with van der Waals surface area (Å²) in [5, 5.41) is 0. The highest BCUT2D eigenvalue weighted by Gasteiger charge is 2.24. The third kappa shape index (κ3) is 5.47. The van der Waals surface area contributed by atoms with Gasteiger partial charge in [0.05, 0.1) is 7.11 Å². The molecule has 0 N–H and O–H groups in total. The normalized spacial score (nSPS) is 13.9. The van der Waals surface area contributed by atoms with Gasteiger partial charge in [-0.2, -0.15) is 0 Å². The molecule has 0 bridgehead atoms. The Morgan fingerprint density at radius 1 is 1.00 bits per heavy atom. The molecule has 0 radical (unpaired) electrons. The number of anilines is 1. The molecule has 3 rings (SSSR count). The molecule has 7 heteroatoms. The fraction of sp³-hybridized carbons (Fsp3) is 0.364. The molecule has 0 unspecified atom stereocenters. The predicted molar refractivity (Wildman–Crippen MR) is 109 cm³/mol. The van der Waals surface area contributed by atoms with Crippen molar-refractivity contribution in [2.24, 2.45) is 0 Å². The van der Waals surface area contributed by atoms with Crippen molar-refractivity contribution < 1.29 is 18.7 Å². The van der Waals surface area contributed by atoms with E-state index in [1.807, 2.05) is 24.3 Å². The van der Waals surface area contributed by atoms with E-state index in [9.17, 15) is 14.0 Å². The van der Waals surface area contributed by atoms with E-state index in [0.29, 0.717) is 32.7 Å². The van der Waals surface area contributed by atoms with Crippen molar-refractivity contribution in [3.05, 3.63) is 59.9 Å². The Hall–Kier alpha value is -3.09. The Kier molecular flexibility index (Phi) is 6.69. The van der Waals surface area contributed by atoms with E-state index >= 15 is 0 Å².